The Kier molecular flexibility index (Phi) is 7.90. The Hall–Kier alpha value is -1.26. The maximum atomic E-state index is 13.2. The topological polar surface area (TPSA) is 116 Å². The zero-order valence-corrected chi connectivity index (χ0v) is 23.6. The van der Waals surface area contributed by atoms with Crippen LogP contribution in [0, 0.1) is 23.7 Å². The number of epoxide rings is 2. The van der Waals surface area contributed by atoms with E-state index < -0.39 is 42.0 Å². The Morgan fingerprint density at radius 3 is 1.74 bits per heavy atom. The lowest BCUT2D eigenvalue weighted by molar-refractivity contribution is -0.199. The summed E-state index contributed by atoms with van der Waals surface area (Å²) < 4.78 is 34.5. The molecule has 3 saturated carbocycles. The maximum Gasteiger partial charge on any atom is 0.312 e. The Morgan fingerprint density at radius 1 is 0.789 bits per heavy atom. The van der Waals surface area contributed by atoms with Crippen molar-refractivity contribution in [2.45, 2.75) is 134 Å². The molecular weight excluding hydrogens is 492 g/mol. The minimum atomic E-state index is -1.05. The van der Waals surface area contributed by atoms with Crippen LogP contribution in [-0.2, 0) is 38.0 Å². The molecule has 9 heteroatoms. The summed E-state index contributed by atoms with van der Waals surface area (Å²) in [5.41, 5.74) is -0.930. The molecule has 9 nitrogen and oxygen atoms in total. The van der Waals surface area contributed by atoms with Crippen LogP contribution >= 0.6 is 0 Å². The van der Waals surface area contributed by atoms with Crippen molar-refractivity contribution in [3.05, 3.63) is 0 Å². The minimum Gasteiger partial charge on any atom is -0.436 e. The molecule has 3 aliphatic carbocycles. The van der Waals surface area contributed by atoms with E-state index in [0.29, 0.717) is 50.1 Å². The van der Waals surface area contributed by atoms with E-state index in [9.17, 15) is 14.7 Å². The van der Waals surface area contributed by atoms with Crippen molar-refractivity contribution in [3.8, 4) is 0 Å². The van der Waals surface area contributed by atoms with Crippen LogP contribution in [0.5, 0.6) is 0 Å². The van der Waals surface area contributed by atoms with Gasteiger partial charge < -0.3 is 33.5 Å². The average Bonchev–Trinajstić information content (AvgIpc) is 3.72. The van der Waals surface area contributed by atoms with E-state index in [0.717, 1.165) is 38.5 Å². The molecule has 5 aliphatic rings. The fourth-order valence-electron chi connectivity index (χ4n) is 6.77. The zero-order chi connectivity index (χ0) is 27.3. The van der Waals surface area contributed by atoms with Crippen molar-refractivity contribution in [2.75, 3.05) is 13.2 Å². The number of esters is 2. The SMILES string of the molecule is CC(OCC1CCC2(C)OC2C1)OC(=O)C1CCC(C)(O)CC1C(=O)OC(C)OCC1CCC2(C)OC2C1. The summed E-state index contributed by atoms with van der Waals surface area (Å²) in [6.07, 6.45) is 6.12. The third-order valence-electron chi connectivity index (χ3n) is 9.71. The maximum absolute atomic E-state index is 13.2. The van der Waals surface area contributed by atoms with Gasteiger partial charge in [-0.15, -0.1) is 0 Å². The standard InChI is InChI=1S/C29H46O9/c1-17(33-15-19-6-10-28(4)23(12-19)37-28)35-25(30)21-8-9-27(3,32)14-22(21)26(31)36-18(2)34-16-20-7-11-29(5)24(13-20)38-29/h17-24,32H,6-16H2,1-5H3. The molecule has 0 aromatic carbocycles. The molecule has 1 N–H and O–H groups in total. The van der Waals surface area contributed by atoms with Crippen molar-refractivity contribution in [1.82, 2.24) is 0 Å². The van der Waals surface area contributed by atoms with Gasteiger partial charge in [0.15, 0.2) is 12.6 Å². The van der Waals surface area contributed by atoms with E-state index in [1.807, 2.05) is 0 Å². The van der Waals surface area contributed by atoms with E-state index in [4.69, 9.17) is 28.4 Å². The average molecular weight is 539 g/mol. The number of carbonyl (C=O) groups excluding carboxylic acids is 2. The van der Waals surface area contributed by atoms with Crippen LogP contribution in [0.25, 0.3) is 0 Å². The summed E-state index contributed by atoms with van der Waals surface area (Å²) in [5.74, 6) is -1.75. The van der Waals surface area contributed by atoms with Gasteiger partial charge in [0.05, 0.1) is 54.1 Å². The van der Waals surface area contributed by atoms with Crippen LogP contribution < -0.4 is 0 Å². The number of aliphatic hydroxyl groups is 1. The molecule has 2 heterocycles. The monoisotopic (exact) mass is 538 g/mol. The van der Waals surface area contributed by atoms with Gasteiger partial charge in [-0.05, 0) is 104 Å². The molecule has 0 radical (unpaired) electrons. The van der Waals surface area contributed by atoms with Crippen LogP contribution in [-0.4, -0.2) is 71.9 Å². The predicted molar refractivity (Wildman–Crippen MR) is 136 cm³/mol. The van der Waals surface area contributed by atoms with Gasteiger partial charge in [-0.3, -0.25) is 9.59 Å². The van der Waals surface area contributed by atoms with Crippen molar-refractivity contribution in [2.24, 2.45) is 23.7 Å². The molecule has 5 fully saturated rings. The third kappa shape index (κ3) is 6.54. The molecule has 0 spiro atoms. The van der Waals surface area contributed by atoms with Crippen LogP contribution in [0.4, 0.5) is 0 Å². The third-order valence-corrected chi connectivity index (χ3v) is 9.71. The second-order valence-corrected chi connectivity index (χ2v) is 13.2. The Morgan fingerprint density at radius 2 is 1.26 bits per heavy atom. The van der Waals surface area contributed by atoms with Crippen LogP contribution in [0.1, 0.15) is 92.4 Å². The summed E-state index contributed by atoms with van der Waals surface area (Å²) in [4.78, 5) is 26.3. The van der Waals surface area contributed by atoms with Gasteiger partial charge in [-0.25, -0.2) is 0 Å². The summed E-state index contributed by atoms with van der Waals surface area (Å²) in [7, 11) is 0. The highest BCUT2D eigenvalue weighted by atomic mass is 16.7. The van der Waals surface area contributed by atoms with Crippen LogP contribution in [0.2, 0.25) is 0 Å². The van der Waals surface area contributed by atoms with Crippen LogP contribution in [0.3, 0.4) is 0 Å². The van der Waals surface area contributed by atoms with Gasteiger partial charge in [0.2, 0.25) is 0 Å². The van der Waals surface area contributed by atoms with E-state index in [1.165, 1.54) is 0 Å². The van der Waals surface area contributed by atoms with E-state index >= 15 is 0 Å². The molecular formula is C29H46O9. The number of hydrogen-bond acceptors (Lipinski definition) is 9. The first-order valence-corrected chi connectivity index (χ1v) is 14.6. The van der Waals surface area contributed by atoms with Gasteiger partial charge in [0.25, 0.3) is 0 Å². The number of hydrogen-bond donors (Lipinski definition) is 1. The largest absolute Gasteiger partial charge is 0.436 e. The normalized spacial score (nSPS) is 45.2. The summed E-state index contributed by atoms with van der Waals surface area (Å²) in [6.45, 7) is 10.4. The van der Waals surface area contributed by atoms with Gasteiger partial charge in [-0.1, -0.05) is 0 Å². The highest BCUT2D eigenvalue weighted by Gasteiger charge is 2.56. The zero-order valence-electron chi connectivity index (χ0n) is 23.6. The fraction of sp³-hybridized carbons (Fsp3) is 0.931. The quantitative estimate of drug-likeness (QED) is 0.251. The molecule has 11 unspecified atom stereocenters. The molecule has 2 aliphatic heterocycles. The fourth-order valence-corrected chi connectivity index (χ4v) is 6.77. The predicted octanol–water partition coefficient (Wildman–Crippen LogP) is 3.88. The molecule has 2 saturated heterocycles. The molecule has 0 aromatic heterocycles. The summed E-state index contributed by atoms with van der Waals surface area (Å²) >= 11 is 0. The number of carbonyl (C=O) groups is 2. The number of fused-ring (bicyclic) bond motifs is 2. The van der Waals surface area contributed by atoms with Crippen molar-refractivity contribution >= 4 is 11.9 Å². The molecule has 216 valence electrons. The van der Waals surface area contributed by atoms with Crippen molar-refractivity contribution in [1.29, 1.82) is 0 Å². The molecule has 5 rings (SSSR count). The first-order valence-electron chi connectivity index (χ1n) is 14.6. The second-order valence-electron chi connectivity index (χ2n) is 13.2. The minimum absolute atomic E-state index is 0.0578. The Labute approximate surface area is 226 Å². The molecule has 11 atom stereocenters. The Balaban J connectivity index is 1.08. The lowest BCUT2D eigenvalue weighted by Gasteiger charge is -2.37. The van der Waals surface area contributed by atoms with Crippen molar-refractivity contribution < 1.29 is 43.1 Å². The van der Waals surface area contributed by atoms with E-state index in [-0.39, 0.29) is 17.6 Å². The Bertz CT molecular complexity index is 891. The first-order chi connectivity index (χ1) is 17.9. The van der Waals surface area contributed by atoms with Gasteiger partial charge >= 0.3 is 11.9 Å². The lowest BCUT2D eigenvalue weighted by Crippen LogP contribution is -2.45. The number of ether oxygens (including phenoxy) is 6. The number of rotatable bonds is 10. The lowest BCUT2D eigenvalue weighted by atomic mass is 9.72. The van der Waals surface area contributed by atoms with E-state index in [2.05, 4.69) is 13.8 Å². The summed E-state index contributed by atoms with van der Waals surface area (Å²) in [6, 6.07) is 0. The highest BCUT2D eigenvalue weighted by Crippen LogP contribution is 2.50. The smallest absolute Gasteiger partial charge is 0.312 e. The molecule has 0 aromatic rings. The molecule has 38 heavy (non-hydrogen) atoms. The van der Waals surface area contributed by atoms with Gasteiger partial charge in [0, 0.05) is 0 Å². The summed E-state index contributed by atoms with van der Waals surface area (Å²) in [5, 5.41) is 10.7. The van der Waals surface area contributed by atoms with E-state index in [1.54, 1.807) is 20.8 Å². The van der Waals surface area contributed by atoms with Gasteiger partial charge in [0.1, 0.15) is 0 Å². The molecule has 0 bridgehead atoms. The van der Waals surface area contributed by atoms with Crippen molar-refractivity contribution in [3.63, 3.8) is 0 Å². The van der Waals surface area contributed by atoms with Crippen LogP contribution in [0.15, 0.2) is 0 Å². The highest BCUT2D eigenvalue weighted by molar-refractivity contribution is 5.82. The first kappa shape index (κ1) is 28.3. The second kappa shape index (κ2) is 10.6. The molecule has 0 amide bonds. The van der Waals surface area contributed by atoms with Gasteiger partial charge in [-0.2, -0.15) is 0 Å².